The highest BCUT2D eigenvalue weighted by Gasteiger charge is 2.90. The number of hydrogen-bond acceptors (Lipinski definition) is 7. The van der Waals surface area contributed by atoms with E-state index in [9.17, 15) is 9.59 Å². The molecule has 3 aromatic rings. The lowest BCUT2D eigenvalue weighted by atomic mass is 9.95. The maximum atomic E-state index is 13.1. The van der Waals surface area contributed by atoms with Crippen LogP contribution in [-0.4, -0.2) is 44.6 Å². The fourth-order valence-electron chi connectivity index (χ4n) is 4.68. The van der Waals surface area contributed by atoms with Crippen molar-refractivity contribution in [1.29, 1.82) is 0 Å². The van der Waals surface area contributed by atoms with E-state index < -0.39 is 5.54 Å². The quantitative estimate of drug-likeness (QED) is 0.706. The summed E-state index contributed by atoms with van der Waals surface area (Å²) in [7, 11) is 1.69. The molecule has 29 heavy (non-hydrogen) atoms. The van der Waals surface area contributed by atoms with Crippen LogP contribution in [0.1, 0.15) is 32.0 Å². The summed E-state index contributed by atoms with van der Waals surface area (Å²) < 4.78 is 0. The molecule has 2 amide bonds. The highest BCUT2D eigenvalue weighted by molar-refractivity contribution is 7.13. The molecule has 3 unspecified atom stereocenters. The summed E-state index contributed by atoms with van der Waals surface area (Å²) in [6.07, 6.45) is 3.86. The molecule has 144 valence electrons. The van der Waals surface area contributed by atoms with Crippen molar-refractivity contribution in [2.75, 3.05) is 11.9 Å². The van der Waals surface area contributed by atoms with E-state index in [0.717, 1.165) is 16.3 Å². The first kappa shape index (κ1) is 16.7. The molecular weight excluding hydrogens is 388 g/mol. The second kappa shape index (κ2) is 5.66. The summed E-state index contributed by atoms with van der Waals surface area (Å²) in [5, 5.41) is 12.2. The number of hydrogen-bond donors (Lipinski definition) is 1. The Kier molecular flexibility index (Phi) is 3.27. The minimum absolute atomic E-state index is 0.0936. The lowest BCUT2D eigenvalue weighted by Gasteiger charge is -2.25. The Bertz CT molecular complexity index is 1150. The minimum Gasteiger partial charge on any atom is -0.335 e. The summed E-state index contributed by atoms with van der Waals surface area (Å²) in [4.78, 5) is 36.2. The molecule has 4 aliphatic rings. The van der Waals surface area contributed by atoms with E-state index >= 15 is 0 Å². The largest absolute Gasteiger partial charge is 0.335 e. The third-order valence-electron chi connectivity index (χ3n) is 6.14. The molecule has 4 heterocycles. The molecule has 9 heteroatoms. The monoisotopic (exact) mass is 404 g/mol. The first-order chi connectivity index (χ1) is 14.1. The first-order valence-corrected chi connectivity index (χ1v) is 10.2. The van der Waals surface area contributed by atoms with Gasteiger partial charge < -0.3 is 5.32 Å². The number of aromatic nitrogens is 4. The summed E-state index contributed by atoms with van der Waals surface area (Å²) in [6.45, 7) is 0. The fraction of sp³-hybridized carbons (Fsp3) is 0.300. The second-order valence-electron chi connectivity index (χ2n) is 7.69. The van der Waals surface area contributed by atoms with Gasteiger partial charge in [0.1, 0.15) is 10.5 Å². The molecule has 0 saturated heterocycles. The van der Waals surface area contributed by atoms with Crippen molar-refractivity contribution in [1.82, 2.24) is 25.5 Å². The third-order valence-corrected chi connectivity index (χ3v) is 7.06. The van der Waals surface area contributed by atoms with E-state index in [2.05, 4.69) is 25.5 Å². The standard InChI is InChI=1S/C20H16N6O2S/c1-26-16-15(21-7-8-22-16)12-13-14(12)20(13,19(26)28)23-17(27)18-25-24-11(29-18)9-10-5-3-2-4-6-10/h2-8,12-14H,9H2,1H3,(H,23,27)/t12?,13-,14?,20?/m1/s1. The zero-order chi connectivity index (χ0) is 19.8. The van der Waals surface area contributed by atoms with Gasteiger partial charge in [-0.1, -0.05) is 41.7 Å². The summed E-state index contributed by atoms with van der Waals surface area (Å²) in [5.41, 5.74) is 1.10. The van der Waals surface area contributed by atoms with Crippen LogP contribution in [0.3, 0.4) is 0 Å². The Hall–Kier alpha value is -3.20. The number of nitrogens with zero attached hydrogens (tertiary/aromatic N) is 5. The van der Waals surface area contributed by atoms with Gasteiger partial charge >= 0.3 is 0 Å². The van der Waals surface area contributed by atoms with Gasteiger partial charge in [0.25, 0.3) is 11.8 Å². The van der Waals surface area contributed by atoms with Crippen LogP contribution in [0.5, 0.6) is 0 Å². The number of carbonyl (C=O) groups is 2. The van der Waals surface area contributed by atoms with Crippen molar-refractivity contribution in [2.24, 2.45) is 11.8 Å². The van der Waals surface area contributed by atoms with Crippen LogP contribution in [0.4, 0.5) is 5.82 Å². The molecule has 2 fully saturated rings. The van der Waals surface area contributed by atoms with Crippen LogP contribution in [0.25, 0.3) is 0 Å². The van der Waals surface area contributed by atoms with Gasteiger partial charge in [-0.25, -0.2) is 4.98 Å². The van der Waals surface area contributed by atoms with Crippen LogP contribution in [0.2, 0.25) is 0 Å². The molecule has 2 aliphatic heterocycles. The summed E-state index contributed by atoms with van der Waals surface area (Å²) in [5.74, 6) is 0.486. The van der Waals surface area contributed by atoms with Gasteiger partial charge in [-0.15, -0.1) is 10.2 Å². The van der Waals surface area contributed by atoms with Gasteiger partial charge in [0, 0.05) is 43.6 Å². The van der Waals surface area contributed by atoms with E-state index in [1.54, 1.807) is 19.4 Å². The van der Waals surface area contributed by atoms with Gasteiger partial charge in [-0.2, -0.15) is 0 Å². The van der Waals surface area contributed by atoms with E-state index in [1.807, 2.05) is 30.3 Å². The first-order valence-electron chi connectivity index (χ1n) is 9.39. The second-order valence-corrected chi connectivity index (χ2v) is 8.76. The molecule has 0 spiro atoms. The van der Waals surface area contributed by atoms with Crippen molar-refractivity contribution in [3.05, 3.63) is 64.0 Å². The average molecular weight is 404 g/mol. The van der Waals surface area contributed by atoms with Crippen LogP contribution >= 0.6 is 11.3 Å². The van der Waals surface area contributed by atoms with Crippen LogP contribution in [-0.2, 0) is 11.2 Å². The number of likely N-dealkylation sites (N-methyl/N-ethyl adjacent to an activating group) is 1. The van der Waals surface area contributed by atoms with Gasteiger partial charge in [-0.3, -0.25) is 19.5 Å². The van der Waals surface area contributed by atoms with Crippen LogP contribution < -0.4 is 10.2 Å². The SMILES string of the molecule is CN1C(=O)C2(NC(=O)c3nnc(Cc4ccccc4)s3)C3C(c4nccnc41)[C@H]32. The van der Waals surface area contributed by atoms with Gasteiger partial charge in [0.2, 0.25) is 5.01 Å². The average Bonchev–Trinajstić information content (AvgIpc) is 3.60. The number of fused-ring (bicyclic) bond motifs is 1. The predicted octanol–water partition coefficient (Wildman–Crippen LogP) is 1.41. The number of amides is 2. The minimum atomic E-state index is -0.857. The van der Waals surface area contributed by atoms with Gasteiger partial charge in [0.15, 0.2) is 5.82 Å². The molecule has 0 radical (unpaired) electrons. The number of rotatable bonds is 4. The summed E-state index contributed by atoms with van der Waals surface area (Å²) in [6, 6.07) is 9.92. The highest BCUT2D eigenvalue weighted by atomic mass is 32.1. The normalized spacial score (nSPS) is 28.2. The Morgan fingerprint density at radius 1 is 1.17 bits per heavy atom. The smallest absolute Gasteiger partial charge is 0.283 e. The van der Waals surface area contributed by atoms with E-state index in [-0.39, 0.29) is 34.6 Å². The number of anilines is 1. The maximum Gasteiger partial charge on any atom is 0.283 e. The summed E-state index contributed by atoms with van der Waals surface area (Å²) >= 11 is 1.26. The van der Waals surface area contributed by atoms with Crippen LogP contribution in [0.15, 0.2) is 42.7 Å². The molecule has 1 N–H and O–H groups in total. The lowest BCUT2D eigenvalue weighted by Crippen LogP contribution is -2.54. The molecule has 1 aromatic carbocycles. The Balaban J connectivity index is 1.22. The van der Waals surface area contributed by atoms with E-state index in [0.29, 0.717) is 12.2 Å². The topological polar surface area (TPSA) is 101 Å². The predicted molar refractivity (Wildman–Crippen MR) is 105 cm³/mol. The molecule has 8 nitrogen and oxygen atoms in total. The van der Waals surface area contributed by atoms with Crippen molar-refractivity contribution >= 4 is 29.0 Å². The third kappa shape index (κ3) is 2.24. The van der Waals surface area contributed by atoms with Crippen molar-refractivity contribution in [3.8, 4) is 0 Å². The van der Waals surface area contributed by atoms with Crippen molar-refractivity contribution in [2.45, 2.75) is 17.9 Å². The maximum absolute atomic E-state index is 13.1. The zero-order valence-corrected chi connectivity index (χ0v) is 16.3. The molecule has 7 rings (SSSR count). The molecule has 2 bridgehead atoms. The Morgan fingerprint density at radius 3 is 2.72 bits per heavy atom. The molecular formula is C20H16N6O2S. The Morgan fingerprint density at radius 2 is 1.93 bits per heavy atom. The highest BCUT2D eigenvalue weighted by Crippen LogP contribution is 2.81. The number of nitrogens with one attached hydrogen (secondary N) is 1. The molecule has 4 atom stereocenters. The van der Waals surface area contributed by atoms with Crippen molar-refractivity contribution < 1.29 is 9.59 Å². The van der Waals surface area contributed by atoms with Crippen LogP contribution in [0, 0.1) is 11.8 Å². The zero-order valence-electron chi connectivity index (χ0n) is 15.4. The molecule has 2 aliphatic carbocycles. The lowest BCUT2D eigenvalue weighted by molar-refractivity contribution is -0.122. The van der Waals surface area contributed by atoms with E-state index in [4.69, 9.17) is 0 Å². The molecule has 2 saturated carbocycles. The van der Waals surface area contributed by atoms with E-state index in [1.165, 1.54) is 16.2 Å². The number of carbonyl (C=O) groups excluding carboxylic acids is 2. The van der Waals surface area contributed by atoms with Gasteiger partial charge in [-0.05, 0) is 5.56 Å². The Labute approximate surface area is 170 Å². The van der Waals surface area contributed by atoms with Crippen molar-refractivity contribution in [3.63, 3.8) is 0 Å². The fourth-order valence-corrected chi connectivity index (χ4v) is 5.45. The number of benzene rings is 1. The molecule has 2 aromatic heterocycles. The van der Waals surface area contributed by atoms with Gasteiger partial charge in [0.05, 0.1) is 5.69 Å².